The van der Waals surface area contributed by atoms with Gasteiger partial charge in [0, 0.05) is 10.9 Å². The second-order valence-corrected chi connectivity index (χ2v) is 5.34. The van der Waals surface area contributed by atoms with Crippen LogP contribution in [0.4, 0.5) is 0 Å². The standard InChI is InChI=1S/C13H8Br2N4O/c14-5-8-1-3-9(4-2-8)12-18-19-13(20-12)10-6-16-7-11(15)17-10/h1-4,6-7H,5H2. The molecule has 0 bridgehead atoms. The smallest absolute Gasteiger partial charge is 0.268 e. The normalized spacial score (nSPS) is 10.7. The molecule has 2 heterocycles. The maximum atomic E-state index is 5.63. The van der Waals surface area contributed by atoms with Gasteiger partial charge in [-0.15, -0.1) is 10.2 Å². The minimum Gasteiger partial charge on any atom is -0.415 e. The zero-order chi connectivity index (χ0) is 13.9. The molecule has 1 aromatic carbocycles. The highest BCUT2D eigenvalue weighted by atomic mass is 79.9. The Morgan fingerprint density at radius 1 is 1.00 bits per heavy atom. The van der Waals surface area contributed by atoms with Crippen LogP contribution in [-0.4, -0.2) is 20.2 Å². The molecule has 0 unspecified atom stereocenters. The van der Waals surface area contributed by atoms with Crippen LogP contribution in [0, 0.1) is 0 Å². The van der Waals surface area contributed by atoms with Crippen LogP contribution in [0.3, 0.4) is 0 Å². The lowest BCUT2D eigenvalue weighted by molar-refractivity contribution is 0.581. The molecule has 0 atom stereocenters. The first-order chi connectivity index (χ1) is 9.76. The fourth-order valence-corrected chi connectivity index (χ4v) is 2.31. The van der Waals surface area contributed by atoms with Gasteiger partial charge in [-0.05, 0) is 33.6 Å². The molecule has 0 fully saturated rings. The van der Waals surface area contributed by atoms with Crippen LogP contribution in [-0.2, 0) is 5.33 Å². The molecular formula is C13H8Br2N4O. The second kappa shape index (κ2) is 5.80. The molecule has 100 valence electrons. The number of halogens is 2. The lowest BCUT2D eigenvalue weighted by Crippen LogP contribution is -1.86. The quantitative estimate of drug-likeness (QED) is 0.630. The Labute approximate surface area is 131 Å². The number of rotatable bonds is 3. The molecule has 0 spiro atoms. The Morgan fingerprint density at radius 2 is 1.75 bits per heavy atom. The topological polar surface area (TPSA) is 64.7 Å². The number of alkyl halides is 1. The highest BCUT2D eigenvalue weighted by Crippen LogP contribution is 2.23. The molecule has 0 radical (unpaired) electrons. The molecule has 0 aliphatic carbocycles. The first kappa shape index (κ1) is 13.4. The molecule has 3 rings (SSSR count). The largest absolute Gasteiger partial charge is 0.415 e. The zero-order valence-corrected chi connectivity index (χ0v) is 13.3. The zero-order valence-electron chi connectivity index (χ0n) is 10.1. The van der Waals surface area contributed by atoms with Crippen LogP contribution >= 0.6 is 31.9 Å². The number of nitrogens with zero attached hydrogens (tertiary/aromatic N) is 4. The SMILES string of the molecule is BrCc1ccc(-c2nnc(-c3cncc(Br)n3)o2)cc1. The predicted octanol–water partition coefficient (Wildman–Crippen LogP) is 3.85. The van der Waals surface area contributed by atoms with Crippen LogP contribution in [0.5, 0.6) is 0 Å². The van der Waals surface area contributed by atoms with Gasteiger partial charge in [-0.1, -0.05) is 28.1 Å². The summed E-state index contributed by atoms with van der Waals surface area (Å²) in [5.41, 5.74) is 2.60. The third kappa shape index (κ3) is 2.78. The van der Waals surface area contributed by atoms with Gasteiger partial charge in [-0.2, -0.15) is 0 Å². The highest BCUT2D eigenvalue weighted by Gasteiger charge is 2.12. The summed E-state index contributed by atoms with van der Waals surface area (Å²) >= 11 is 6.67. The molecule has 20 heavy (non-hydrogen) atoms. The Bertz CT molecular complexity index is 727. The average molecular weight is 396 g/mol. The van der Waals surface area contributed by atoms with Crippen LogP contribution in [0.2, 0.25) is 0 Å². The summed E-state index contributed by atoms with van der Waals surface area (Å²) in [7, 11) is 0. The van der Waals surface area contributed by atoms with Gasteiger partial charge in [0.2, 0.25) is 5.89 Å². The van der Waals surface area contributed by atoms with Crippen molar-refractivity contribution < 1.29 is 4.42 Å². The van der Waals surface area contributed by atoms with E-state index in [-0.39, 0.29) is 0 Å². The van der Waals surface area contributed by atoms with Crippen molar-refractivity contribution in [2.24, 2.45) is 0 Å². The molecule has 0 saturated carbocycles. The van der Waals surface area contributed by atoms with E-state index < -0.39 is 0 Å². The maximum Gasteiger partial charge on any atom is 0.268 e. The van der Waals surface area contributed by atoms with E-state index in [0.717, 1.165) is 10.9 Å². The molecule has 0 amide bonds. The first-order valence-electron chi connectivity index (χ1n) is 5.73. The van der Waals surface area contributed by atoms with E-state index in [1.54, 1.807) is 12.4 Å². The van der Waals surface area contributed by atoms with E-state index in [0.29, 0.717) is 22.1 Å². The molecule has 2 aromatic heterocycles. The van der Waals surface area contributed by atoms with Crippen LogP contribution in [0.25, 0.3) is 23.0 Å². The van der Waals surface area contributed by atoms with Gasteiger partial charge in [0.15, 0.2) is 0 Å². The number of hydrogen-bond acceptors (Lipinski definition) is 5. The van der Waals surface area contributed by atoms with Crippen LogP contribution in [0.15, 0.2) is 45.7 Å². The molecule has 0 aliphatic rings. The monoisotopic (exact) mass is 394 g/mol. The van der Waals surface area contributed by atoms with Crippen molar-refractivity contribution >= 4 is 31.9 Å². The van der Waals surface area contributed by atoms with E-state index in [2.05, 4.69) is 52.0 Å². The van der Waals surface area contributed by atoms with E-state index in [4.69, 9.17) is 4.42 Å². The molecule has 3 aromatic rings. The first-order valence-corrected chi connectivity index (χ1v) is 7.64. The number of benzene rings is 1. The summed E-state index contributed by atoms with van der Waals surface area (Å²) in [6.45, 7) is 0. The van der Waals surface area contributed by atoms with Gasteiger partial charge in [-0.25, -0.2) is 4.98 Å². The highest BCUT2D eigenvalue weighted by molar-refractivity contribution is 9.10. The van der Waals surface area contributed by atoms with E-state index in [1.807, 2.05) is 24.3 Å². The van der Waals surface area contributed by atoms with Crippen molar-refractivity contribution in [3.63, 3.8) is 0 Å². The van der Waals surface area contributed by atoms with Gasteiger partial charge < -0.3 is 4.42 Å². The van der Waals surface area contributed by atoms with Crippen molar-refractivity contribution in [2.45, 2.75) is 5.33 Å². The van der Waals surface area contributed by atoms with Crippen molar-refractivity contribution in [3.8, 4) is 23.0 Å². The van der Waals surface area contributed by atoms with Crippen molar-refractivity contribution in [2.75, 3.05) is 0 Å². The lowest BCUT2D eigenvalue weighted by Gasteiger charge is -1.97. The number of aromatic nitrogens is 4. The molecule has 0 N–H and O–H groups in total. The summed E-state index contributed by atoms with van der Waals surface area (Å²) in [6.07, 6.45) is 3.18. The molecule has 7 heteroatoms. The molecular weight excluding hydrogens is 388 g/mol. The Hall–Kier alpha value is -1.60. The van der Waals surface area contributed by atoms with E-state index in [9.17, 15) is 0 Å². The summed E-state index contributed by atoms with van der Waals surface area (Å²) in [5.74, 6) is 0.807. The van der Waals surface area contributed by atoms with Gasteiger partial charge in [0.05, 0.1) is 12.4 Å². The lowest BCUT2D eigenvalue weighted by atomic mass is 10.1. The molecule has 0 saturated heterocycles. The third-order valence-electron chi connectivity index (χ3n) is 2.60. The van der Waals surface area contributed by atoms with Crippen LogP contribution < -0.4 is 0 Å². The minimum absolute atomic E-state index is 0.346. The summed E-state index contributed by atoms with van der Waals surface area (Å²) < 4.78 is 6.25. The van der Waals surface area contributed by atoms with Gasteiger partial charge in [-0.3, -0.25) is 4.98 Å². The predicted molar refractivity (Wildman–Crippen MR) is 81.1 cm³/mol. The van der Waals surface area contributed by atoms with Crippen molar-refractivity contribution in [1.82, 2.24) is 20.2 Å². The van der Waals surface area contributed by atoms with Crippen molar-refractivity contribution in [1.29, 1.82) is 0 Å². The summed E-state index contributed by atoms with van der Waals surface area (Å²) in [6, 6.07) is 7.90. The Balaban J connectivity index is 1.93. The second-order valence-electron chi connectivity index (χ2n) is 3.97. The van der Waals surface area contributed by atoms with Gasteiger partial charge >= 0.3 is 0 Å². The van der Waals surface area contributed by atoms with Gasteiger partial charge in [0.25, 0.3) is 5.89 Å². The fourth-order valence-electron chi connectivity index (χ4n) is 1.63. The van der Waals surface area contributed by atoms with Crippen molar-refractivity contribution in [3.05, 3.63) is 46.8 Å². The third-order valence-corrected chi connectivity index (χ3v) is 3.63. The summed E-state index contributed by atoms with van der Waals surface area (Å²) in [5, 5.41) is 8.85. The number of hydrogen-bond donors (Lipinski definition) is 0. The molecule has 5 nitrogen and oxygen atoms in total. The Kier molecular flexibility index (Phi) is 3.88. The van der Waals surface area contributed by atoms with E-state index in [1.165, 1.54) is 5.56 Å². The fraction of sp³-hybridized carbons (Fsp3) is 0.0769. The van der Waals surface area contributed by atoms with Crippen LogP contribution in [0.1, 0.15) is 5.56 Å². The van der Waals surface area contributed by atoms with E-state index >= 15 is 0 Å². The minimum atomic E-state index is 0.346. The summed E-state index contributed by atoms with van der Waals surface area (Å²) in [4.78, 5) is 8.25. The van der Waals surface area contributed by atoms with Gasteiger partial charge in [0.1, 0.15) is 10.3 Å². The molecule has 0 aliphatic heterocycles. The Morgan fingerprint density at radius 3 is 2.45 bits per heavy atom. The average Bonchev–Trinajstić information content (AvgIpc) is 2.97. The maximum absolute atomic E-state index is 5.63.